The Bertz CT molecular complexity index is 836. The molecule has 0 saturated heterocycles. The van der Waals surface area contributed by atoms with Gasteiger partial charge in [-0.2, -0.15) is 4.31 Å². The number of nitrogens with zero attached hydrogens (tertiary/aromatic N) is 1. The molecule has 0 N–H and O–H groups in total. The highest BCUT2D eigenvalue weighted by atomic mass is 35.5. The Kier molecular flexibility index (Phi) is 5.74. The van der Waals surface area contributed by atoms with E-state index in [1.54, 1.807) is 50.4 Å². The quantitative estimate of drug-likeness (QED) is 0.782. The summed E-state index contributed by atoms with van der Waals surface area (Å²) < 4.78 is 37.3. The van der Waals surface area contributed by atoms with Gasteiger partial charge in [-0.25, -0.2) is 8.42 Å². The molecular weight excluding hydrogens is 350 g/mol. The van der Waals surface area contributed by atoms with Crippen LogP contribution in [0.1, 0.15) is 11.1 Å². The highest BCUT2D eigenvalue weighted by Crippen LogP contribution is 2.29. The highest BCUT2D eigenvalue weighted by Gasteiger charge is 2.24. The largest absolute Gasteiger partial charge is 0.493 e. The van der Waals surface area contributed by atoms with Gasteiger partial charge < -0.3 is 9.47 Å². The van der Waals surface area contributed by atoms with Crippen molar-refractivity contribution >= 4 is 21.6 Å². The molecule has 0 amide bonds. The van der Waals surface area contributed by atoms with Crippen molar-refractivity contribution < 1.29 is 17.9 Å². The molecule has 0 unspecified atom stereocenters. The van der Waals surface area contributed by atoms with Crippen LogP contribution in [0.4, 0.5) is 0 Å². The van der Waals surface area contributed by atoms with Crippen molar-refractivity contribution in [1.29, 1.82) is 0 Å². The molecule has 130 valence electrons. The Morgan fingerprint density at radius 1 is 1.08 bits per heavy atom. The molecule has 0 bridgehead atoms. The van der Waals surface area contributed by atoms with E-state index in [2.05, 4.69) is 0 Å². The van der Waals surface area contributed by atoms with Gasteiger partial charge in [-0.15, -0.1) is 0 Å². The summed E-state index contributed by atoms with van der Waals surface area (Å²) in [4.78, 5) is 0.206. The van der Waals surface area contributed by atoms with E-state index in [9.17, 15) is 8.42 Å². The summed E-state index contributed by atoms with van der Waals surface area (Å²) in [5, 5.41) is 0.426. The van der Waals surface area contributed by atoms with Gasteiger partial charge in [-0.3, -0.25) is 0 Å². The monoisotopic (exact) mass is 369 g/mol. The average molecular weight is 370 g/mol. The van der Waals surface area contributed by atoms with Gasteiger partial charge in [-0.05, 0) is 42.3 Å². The molecule has 0 aromatic heterocycles. The van der Waals surface area contributed by atoms with Crippen LogP contribution in [-0.4, -0.2) is 34.0 Å². The SMILES string of the molecule is COc1ccc(CN(C)S(=O)(=O)c2cccc(Cl)c2C)cc1OC. The second kappa shape index (κ2) is 7.42. The van der Waals surface area contributed by atoms with Crippen molar-refractivity contribution in [3.05, 3.63) is 52.5 Å². The zero-order valence-electron chi connectivity index (χ0n) is 14.0. The number of halogens is 1. The van der Waals surface area contributed by atoms with Crippen LogP contribution in [0.5, 0.6) is 11.5 Å². The van der Waals surface area contributed by atoms with Crippen LogP contribution in [0.3, 0.4) is 0 Å². The molecule has 2 aromatic rings. The van der Waals surface area contributed by atoms with E-state index >= 15 is 0 Å². The summed E-state index contributed by atoms with van der Waals surface area (Å²) in [5.74, 6) is 1.15. The van der Waals surface area contributed by atoms with Crippen LogP contribution < -0.4 is 9.47 Å². The first-order valence-electron chi connectivity index (χ1n) is 7.23. The Balaban J connectivity index is 2.32. The number of methoxy groups -OCH3 is 2. The minimum Gasteiger partial charge on any atom is -0.493 e. The standard InChI is InChI=1S/C17H20ClNO4S/c1-12-14(18)6-5-7-17(12)24(20,21)19(2)11-13-8-9-15(22-3)16(10-13)23-4/h5-10H,11H2,1-4H3. The zero-order valence-corrected chi connectivity index (χ0v) is 15.6. The summed E-state index contributed by atoms with van der Waals surface area (Å²) in [6, 6.07) is 10.2. The number of sulfonamides is 1. The van der Waals surface area contributed by atoms with E-state index in [1.165, 1.54) is 18.5 Å². The van der Waals surface area contributed by atoms with Crippen LogP contribution in [0.15, 0.2) is 41.3 Å². The van der Waals surface area contributed by atoms with Crippen molar-refractivity contribution in [3.8, 4) is 11.5 Å². The van der Waals surface area contributed by atoms with Crippen LogP contribution in [0.25, 0.3) is 0 Å². The van der Waals surface area contributed by atoms with Gasteiger partial charge in [0.1, 0.15) is 0 Å². The number of benzene rings is 2. The maximum atomic E-state index is 12.8. The van der Waals surface area contributed by atoms with Gasteiger partial charge in [-0.1, -0.05) is 23.7 Å². The molecule has 0 heterocycles. The molecule has 0 aliphatic carbocycles. The summed E-state index contributed by atoms with van der Waals surface area (Å²) >= 11 is 6.04. The van der Waals surface area contributed by atoms with Crippen LogP contribution in [0.2, 0.25) is 5.02 Å². The second-order valence-corrected chi connectivity index (χ2v) is 7.73. The van der Waals surface area contributed by atoms with E-state index in [0.29, 0.717) is 22.1 Å². The molecule has 0 saturated carbocycles. The molecule has 0 spiro atoms. The first-order chi connectivity index (χ1) is 11.3. The molecular formula is C17H20ClNO4S. The predicted octanol–water partition coefficient (Wildman–Crippen LogP) is 3.49. The maximum Gasteiger partial charge on any atom is 0.243 e. The lowest BCUT2D eigenvalue weighted by Gasteiger charge is -2.19. The maximum absolute atomic E-state index is 12.8. The molecule has 0 radical (unpaired) electrons. The van der Waals surface area contributed by atoms with Crippen molar-refractivity contribution in [3.63, 3.8) is 0 Å². The van der Waals surface area contributed by atoms with Gasteiger partial charge in [0, 0.05) is 18.6 Å². The molecule has 0 aliphatic heterocycles. The minimum absolute atomic E-state index is 0.203. The fourth-order valence-corrected chi connectivity index (χ4v) is 3.99. The molecule has 2 rings (SSSR count). The molecule has 5 nitrogen and oxygen atoms in total. The molecule has 24 heavy (non-hydrogen) atoms. The predicted molar refractivity (Wildman–Crippen MR) is 94.4 cm³/mol. The molecule has 7 heteroatoms. The highest BCUT2D eigenvalue weighted by molar-refractivity contribution is 7.89. The number of rotatable bonds is 6. The Labute approximate surface area is 147 Å². The minimum atomic E-state index is -3.65. The number of hydrogen-bond donors (Lipinski definition) is 0. The third kappa shape index (κ3) is 3.66. The van der Waals surface area contributed by atoms with E-state index < -0.39 is 10.0 Å². The van der Waals surface area contributed by atoms with Gasteiger partial charge in [0.05, 0.1) is 19.1 Å². The lowest BCUT2D eigenvalue weighted by molar-refractivity contribution is 0.354. The number of hydrogen-bond acceptors (Lipinski definition) is 4. The van der Waals surface area contributed by atoms with Crippen molar-refractivity contribution in [1.82, 2.24) is 4.31 Å². The summed E-state index contributed by atoms with van der Waals surface area (Å²) in [7, 11) is 0.976. The second-order valence-electron chi connectivity index (χ2n) is 5.31. The fourth-order valence-electron chi connectivity index (χ4n) is 2.36. The van der Waals surface area contributed by atoms with E-state index in [4.69, 9.17) is 21.1 Å². The topological polar surface area (TPSA) is 55.8 Å². The third-order valence-electron chi connectivity index (χ3n) is 3.76. The van der Waals surface area contributed by atoms with E-state index in [1.807, 2.05) is 0 Å². The Morgan fingerprint density at radius 3 is 2.38 bits per heavy atom. The lowest BCUT2D eigenvalue weighted by atomic mass is 10.2. The summed E-state index contributed by atoms with van der Waals surface area (Å²) in [6.07, 6.45) is 0. The van der Waals surface area contributed by atoms with Gasteiger partial charge in [0.25, 0.3) is 0 Å². The smallest absolute Gasteiger partial charge is 0.243 e. The van der Waals surface area contributed by atoms with E-state index in [0.717, 1.165) is 5.56 Å². The zero-order chi connectivity index (χ0) is 17.9. The molecule has 0 aliphatic rings. The lowest BCUT2D eigenvalue weighted by Crippen LogP contribution is -2.27. The fraction of sp³-hybridized carbons (Fsp3) is 0.294. The molecule has 0 fully saturated rings. The molecule has 2 aromatic carbocycles. The Morgan fingerprint density at radius 2 is 1.75 bits per heavy atom. The normalized spacial score (nSPS) is 11.6. The van der Waals surface area contributed by atoms with Crippen LogP contribution in [-0.2, 0) is 16.6 Å². The summed E-state index contributed by atoms with van der Waals surface area (Å²) in [5.41, 5.74) is 1.33. The number of ether oxygens (including phenoxy) is 2. The van der Waals surface area contributed by atoms with Crippen molar-refractivity contribution in [2.75, 3.05) is 21.3 Å². The third-order valence-corrected chi connectivity index (χ3v) is 6.12. The van der Waals surface area contributed by atoms with Crippen molar-refractivity contribution in [2.24, 2.45) is 0 Å². The Hall–Kier alpha value is -1.76. The van der Waals surface area contributed by atoms with Gasteiger partial charge >= 0.3 is 0 Å². The summed E-state index contributed by atoms with van der Waals surface area (Å²) in [6.45, 7) is 1.90. The first kappa shape index (κ1) is 18.6. The van der Waals surface area contributed by atoms with Crippen LogP contribution in [0, 0.1) is 6.92 Å². The van der Waals surface area contributed by atoms with Crippen molar-refractivity contribution in [2.45, 2.75) is 18.4 Å². The first-order valence-corrected chi connectivity index (χ1v) is 9.05. The molecule has 0 atom stereocenters. The van der Waals surface area contributed by atoms with E-state index in [-0.39, 0.29) is 11.4 Å². The average Bonchev–Trinajstić information content (AvgIpc) is 2.56. The van der Waals surface area contributed by atoms with Crippen LogP contribution >= 0.6 is 11.6 Å². The van der Waals surface area contributed by atoms with Gasteiger partial charge in [0.15, 0.2) is 11.5 Å². The van der Waals surface area contributed by atoms with Gasteiger partial charge in [0.2, 0.25) is 10.0 Å².